The summed E-state index contributed by atoms with van der Waals surface area (Å²) in [6.45, 7) is 0.268. The molecule has 3 N–H and O–H groups in total. The number of nitrogens with zero attached hydrogens (tertiary/aromatic N) is 2. The lowest BCUT2D eigenvalue weighted by Gasteiger charge is -2.34. The van der Waals surface area contributed by atoms with Gasteiger partial charge in [-0.15, -0.1) is 0 Å². The number of nitrogens with two attached hydrogens (primary N) is 1. The number of aliphatic hydroxyl groups is 1. The monoisotopic (exact) mass is 297 g/mol. The average Bonchev–Trinajstić information content (AvgIpc) is 2.47. The number of carbonyl (C=O) groups excluding carboxylic acids is 1. The quantitative estimate of drug-likeness (QED) is 0.834. The van der Waals surface area contributed by atoms with Gasteiger partial charge in [-0.05, 0) is 18.9 Å². The van der Waals surface area contributed by atoms with Gasteiger partial charge < -0.3 is 15.7 Å². The average molecular weight is 298 g/mol. The molecule has 1 heterocycles. The fourth-order valence-electron chi connectivity index (χ4n) is 2.73. The van der Waals surface area contributed by atoms with Crippen LogP contribution in [-0.4, -0.2) is 40.1 Å². The molecule has 6 heteroatoms. The van der Waals surface area contributed by atoms with E-state index in [4.69, 9.17) is 17.3 Å². The predicted molar refractivity (Wildman–Crippen MR) is 78.7 cm³/mol. The molecular formula is C14H20ClN3O2. The molecule has 0 saturated heterocycles. The maximum absolute atomic E-state index is 12.7. The zero-order valence-corrected chi connectivity index (χ0v) is 12.1. The van der Waals surface area contributed by atoms with Crippen molar-refractivity contribution in [3.05, 3.63) is 23.0 Å². The van der Waals surface area contributed by atoms with Gasteiger partial charge in [-0.25, -0.2) is 4.98 Å². The van der Waals surface area contributed by atoms with Crippen molar-refractivity contribution in [2.45, 2.75) is 38.1 Å². The Morgan fingerprint density at radius 3 is 2.80 bits per heavy atom. The van der Waals surface area contributed by atoms with E-state index in [0.29, 0.717) is 17.8 Å². The van der Waals surface area contributed by atoms with Crippen LogP contribution in [0.5, 0.6) is 0 Å². The van der Waals surface area contributed by atoms with Crippen molar-refractivity contribution >= 4 is 23.2 Å². The van der Waals surface area contributed by atoms with Crippen molar-refractivity contribution in [2.75, 3.05) is 18.9 Å². The predicted octanol–water partition coefficient (Wildman–Crippen LogP) is 2.08. The highest BCUT2D eigenvalue weighted by atomic mass is 35.5. The summed E-state index contributed by atoms with van der Waals surface area (Å²) in [7, 11) is 0. The van der Waals surface area contributed by atoms with Gasteiger partial charge in [0.25, 0.3) is 5.91 Å². The van der Waals surface area contributed by atoms with Gasteiger partial charge in [0.2, 0.25) is 0 Å². The van der Waals surface area contributed by atoms with E-state index in [0.717, 1.165) is 25.7 Å². The summed E-state index contributed by atoms with van der Waals surface area (Å²) in [5.41, 5.74) is 6.51. The molecule has 0 aromatic carbocycles. The normalized spacial score (nSPS) is 16.1. The smallest absolute Gasteiger partial charge is 0.256 e. The number of hydrogen-bond acceptors (Lipinski definition) is 4. The molecule has 1 aliphatic rings. The van der Waals surface area contributed by atoms with Crippen molar-refractivity contribution in [1.82, 2.24) is 9.88 Å². The van der Waals surface area contributed by atoms with E-state index >= 15 is 0 Å². The maximum atomic E-state index is 12.7. The first kappa shape index (κ1) is 15.1. The Bertz CT molecular complexity index is 475. The lowest BCUT2D eigenvalue weighted by Crippen LogP contribution is -2.43. The van der Waals surface area contributed by atoms with Gasteiger partial charge in [0, 0.05) is 12.6 Å². The third-order valence-corrected chi connectivity index (χ3v) is 3.96. The van der Waals surface area contributed by atoms with Gasteiger partial charge in [0.15, 0.2) is 0 Å². The Hall–Kier alpha value is -1.33. The van der Waals surface area contributed by atoms with Crippen LogP contribution in [0.2, 0.25) is 5.15 Å². The molecule has 1 aromatic heterocycles. The maximum Gasteiger partial charge on any atom is 0.256 e. The minimum absolute atomic E-state index is 0.0546. The highest BCUT2D eigenvalue weighted by Crippen LogP contribution is 2.25. The van der Waals surface area contributed by atoms with E-state index in [1.165, 1.54) is 18.7 Å². The van der Waals surface area contributed by atoms with E-state index in [9.17, 15) is 9.90 Å². The van der Waals surface area contributed by atoms with Gasteiger partial charge in [0.1, 0.15) is 5.15 Å². The molecule has 110 valence electrons. The van der Waals surface area contributed by atoms with Crippen LogP contribution in [0, 0.1) is 0 Å². The lowest BCUT2D eigenvalue weighted by molar-refractivity contribution is 0.0586. The van der Waals surface area contributed by atoms with Crippen LogP contribution < -0.4 is 5.73 Å². The highest BCUT2D eigenvalue weighted by Gasteiger charge is 2.27. The molecule has 0 unspecified atom stereocenters. The van der Waals surface area contributed by atoms with E-state index in [1.54, 1.807) is 4.90 Å². The molecular weight excluding hydrogens is 278 g/mol. The standard InChI is InChI=1S/C14H20ClN3O2/c15-13-8-11(12(16)9-17-13)14(20)18(6-7-19)10-4-2-1-3-5-10/h8-10,19H,1-7,16H2. The van der Waals surface area contributed by atoms with E-state index in [2.05, 4.69) is 4.98 Å². The molecule has 0 bridgehead atoms. The Kier molecular flexibility index (Phi) is 5.20. The molecule has 20 heavy (non-hydrogen) atoms. The number of carbonyl (C=O) groups is 1. The molecule has 1 fully saturated rings. The van der Waals surface area contributed by atoms with Crippen LogP contribution in [0.3, 0.4) is 0 Å². The van der Waals surface area contributed by atoms with Crippen LogP contribution in [0.4, 0.5) is 5.69 Å². The first-order chi connectivity index (χ1) is 9.63. The number of aromatic nitrogens is 1. The van der Waals surface area contributed by atoms with Gasteiger partial charge in [-0.2, -0.15) is 0 Å². The lowest BCUT2D eigenvalue weighted by atomic mass is 9.93. The van der Waals surface area contributed by atoms with E-state index in [-0.39, 0.29) is 23.7 Å². The molecule has 2 rings (SSSR count). The Morgan fingerprint density at radius 2 is 2.15 bits per heavy atom. The Morgan fingerprint density at radius 1 is 1.45 bits per heavy atom. The number of hydrogen-bond donors (Lipinski definition) is 2. The summed E-state index contributed by atoms with van der Waals surface area (Å²) < 4.78 is 0. The van der Waals surface area contributed by atoms with E-state index in [1.807, 2.05) is 0 Å². The molecule has 1 amide bonds. The highest BCUT2D eigenvalue weighted by molar-refractivity contribution is 6.29. The zero-order chi connectivity index (χ0) is 14.5. The van der Waals surface area contributed by atoms with Crippen molar-refractivity contribution in [3.8, 4) is 0 Å². The molecule has 1 aromatic rings. The van der Waals surface area contributed by atoms with Crippen molar-refractivity contribution in [3.63, 3.8) is 0 Å². The summed E-state index contributed by atoms with van der Waals surface area (Å²) in [6.07, 6.45) is 6.79. The van der Waals surface area contributed by atoms with Crippen LogP contribution in [-0.2, 0) is 0 Å². The first-order valence-corrected chi connectivity index (χ1v) is 7.34. The molecule has 0 aliphatic heterocycles. The third kappa shape index (κ3) is 3.41. The second-order valence-electron chi connectivity index (χ2n) is 5.11. The van der Waals surface area contributed by atoms with Crippen LogP contribution >= 0.6 is 11.6 Å². The number of anilines is 1. The number of nitrogen functional groups attached to an aromatic ring is 1. The number of pyridine rings is 1. The van der Waals surface area contributed by atoms with Crippen LogP contribution in [0.1, 0.15) is 42.5 Å². The van der Waals surface area contributed by atoms with Crippen molar-refractivity contribution in [1.29, 1.82) is 0 Å². The molecule has 5 nitrogen and oxygen atoms in total. The molecule has 0 radical (unpaired) electrons. The Balaban J connectivity index is 2.23. The topological polar surface area (TPSA) is 79.5 Å². The SMILES string of the molecule is Nc1cnc(Cl)cc1C(=O)N(CCO)C1CCCCC1. The Labute approximate surface area is 123 Å². The summed E-state index contributed by atoms with van der Waals surface area (Å²) in [5, 5.41) is 9.47. The number of rotatable bonds is 4. The number of aliphatic hydroxyl groups excluding tert-OH is 1. The second-order valence-corrected chi connectivity index (χ2v) is 5.50. The minimum Gasteiger partial charge on any atom is -0.397 e. The van der Waals surface area contributed by atoms with Crippen LogP contribution in [0.25, 0.3) is 0 Å². The first-order valence-electron chi connectivity index (χ1n) is 6.96. The number of amides is 1. The van der Waals surface area contributed by atoms with Crippen molar-refractivity contribution in [2.24, 2.45) is 0 Å². The molecule has 1 aliphatic carbocycles. The summed E-state index contributed by atoms with van der Waals surface area (Å²) >= 11 is 5.84. The minimum atomic E-state index is -0.173. The van der Waals surface area contributed by atoms with Gasteiger partial charge in [0.05, 0.1) is 24.1 Å². The zero-order valence-electron chi connectivity index (χ0n) is 11.4. The van der Waals surface area contributed by atoms with E-state index < -0.39 is 0 Å². The summed E-state index contributed by atoms with van der Waals surface area (Å²) in [5.74, 6) is -0.173. The number of halogens is 1. The largest absolute Gasteiger partial charge is 0.397 e. The molecule has 1 saturated carbocycles. The second kappa shape index (κ2) is 6.90. The van der Waals surface area contributed by atoms with Gasteiger partial charge in [-0.3, -0.25) is 4.79 Å². The van der Waals surface area contributed by atoms with Gasteiger partial charge >= 0.3 is 0 Å². The van der Waals surface area contributed by atoms with Crippen molar-refractivity contribution < 1.29 is 9.90 Å². The summed E-state index contributed by atoms with van der Waals surface area (Å²) in [6, 6.07) is 1.67. The van der Waals surface area contributed by atoms with Crippen LogP contribution in [0.15, 0.2) is 12.3 Å². The molecule has 0 atom stereocenters. The fourth-order valence-corrected chi connectivity index (χ4v) is 2.89. The van der Waals surface area contributed by atoms with Gasteiger partial charge in [-0.1, -0.05) is 30.9 Å². The summed E-state index contributed by atoms with van der Waals surface area (Å²) in [4.78, 5) is 18.2. The third-order valence-electron chi connectivity index (χ3n) is 3.75. The molecule has 0 spiro atoms. The fraction of sp³-hybridized carbons (Fsp3) is 0.571.